The molecule has 0 unspecified atom stereocenters. The summed E-state index contributed by atoms with van der Waals surface area (Å²) in [6.07, 6.45) is 3.19. The van der Waals surface area contributed by atoms with E-state index in [1.807, 2.05) is 17.5 Å². The minimum atomic E-state index is -3.34. The average Bonchev–Trinajstić information content (AvgIpc) is 3.20. The lowest BCUT2D eigenvalue weighted by atomic mass is 10.0. The first-order chi connectivity index (χ1) is 14.6. The van der Waals surface area contributed by atoms with Gasteiger partial charge in [0, 0.05) is 32.2 Å². The van der Waals surface area contributed by atoms with Gasteiger partial charge in [0.25, 0.3) is 10.0 Å². The molecule has 164 valence electrons. The first-order valence-electron chi connectivity index (χ1n) is 10.7. The molecule has 2 aliphatic heterocycles. The maximum atomic E-state index is 12.8. The number of sulfonamides is 1. The Hall–Kier alpha value is -1.45. The zero-order chi connectivity index (χ0) is 21.0. The van der Waals surface area contributed by atoms with Crippen molar-refractivity contribution in [3.05, 3.63) is 47.3 Å². The summed E-state index contributed by atoms with van der Waals surface area (Å²) in [5, 5.41) is 1.83. The first kappa shape index (κ1) is 21.8. The van der Waals surface area contributed by atoms with Gasteiger partial charge in [-0.05, 0) is 68.0 Å². The van der Waals surface area contributed by atoms with Crippen molar-refractivity contribution in [2.45, 2.75) is 36.1 Å². The van der Waals surface area contributed by atoms with E-state index in [2.05, 4.69) is 21.9 Å². The quantitative estimate of drug-likeness (QED) is 0.678. The standard InChI is InChI=1S/C22H31N3O3S2/c1-28-21-7-5-19(6-8-21)18-23-13-9-20(10-14-23)24-11-3-12-25(16-15-24)30(26,27)22-4-2-17-29-22/h2,4-8,17,20H,3,9-16,18H2,1H3. The summed E-state index contributed by atoms with van der Waals surface area (Å²) in [4.78, 5) is 5.04. The summed E-state index contributed by atoms with van der Waals surface area (Å²) in [5.41, 5.74) is 1.32. The van der Waals surface area contributed by atoms with Crippen molar-refractivity contribution in [2.24, 2.45) is 0 Å². The van der Waals surface area contributed by atoms with Gasteiger partial charge in [0.15, 0.2) is 0 Å². The fraction of sp³-hybridized carbons (Fsp3) is 0.545. The Morgan fingerprint density at radius 2 is 1.77 bits per heavy atom. The second kappa shape index (κ2) is 9.78. The van der Waals surface area contributed by atoms with Gasteiger partial charge in [-0.1, -0.05) is 18.2 Å². The van der Waals surface area contributed by atoms with E-state index >= 15 is 0 Å². The van der Waals surface area contributed by atoms with Crippen molar-refractivity contribution in [3.8, 4) is 5.75 Å². The molecule has 1 aromatic heterocycles. The maximum Gasteiger partial charge on any atom is 0.252 e. The van der Waals surface area contributed by atoms with Gasteiger partial charge in [0.05, 0.1) is 7.11 Å². The van der Waals surface area contributed by atoms with Gasteiger partial charge >= 0.3 is 0 Å². The number of likely N-dealkylation sites (tertiary alicyclic amines) is 1. The number of thiophene rings is 1. The molecule has 8 heteroatoms. The van der Waals surface area contributed by atoms with Crippen LogP contribution in [0.2, 0.25) is 0 Å². The highest BCUT2D eigenvalue weighted by Gasteiger charge is 2.31. The summed E-state index contributed by atoms with van der Waals surface area (Å²) in [5.74, 6) is 0.897. The van der Waals surface area contributed by atoms with Crippen molar-refractivity contribution in [1.82, 2.24) is 14.1 Å². The van der Waals surface area contributed by atoms with E-state index in [0.29, 0.717) is 23.3 Å². The largest absolute Gasteiger partial charge is 0.497 e. The van der Waals surface area contributed by atoms with Crippen LogP contribution >= 0.6 is 11.3 Å². The maximum absolute atomic E-state index is 12.8. The van der Waals surface area contributed by atoms with Crippen molar-refractivity contribution in [3.63, 3.8) is 0 Å². The molecule has 2 fully saturated rings. The molecular weight excluding hydrogens is 418 g/mol. The highest BCUT2D eigenvalue weighted by atomic mass is 32.2. The zero-order valence-corrected chi connectivity index (χ0v) is 19.2. The minimum Gasteiger partial charge on any atom is -0.497 e. The van der Waals surface area contributed by atoms with Gasteiger partial charge in [-0.2, -0.15) is 4.31 Å². The Labute approximate surface area is 184 Å². The molecular formula is C22H31N3O3S2. The Bertz CT molecular complexity index is 892. The van der Waals surface area contributed by atoms with E-state index in [1.165, 1.54) is 16.9 Å². The smallest absolute Gasteiger partial charge is 0.252 e. The number of piperidine rings is 1. The molecule has 0 atom stereocenters. The van der Waals surface area contributed by atoms with E-state index < -0.39 is 10.0 Å². The van der Waals surface area contributed by atoms with Gasteiger partial charge < -0.3 is 4.74 Å². The fourth-order valence-electron chi connectivity index (χ4n) is 4.49. The monoisotopic (exact) mass is 449 g/mol. The van der Waals surface area contributed by atoms with Gasteiger partial charge in [-0.3, -0.25) is 9.80 Å². The van der Waals surface area contributed by atoms with Crippen molar-refractivity contribution in [1.29, 1.82) is 0 Å². The van der Waals surface area contributed by atoms with Crippen molar-refractivity contribution >= 4 is 21.4 Å². The lowest BCUT2D eigenvalue weighted by molar-refractivity contribution is 0.108. The van der Waals surface area contributed by atoms with E-state index in [0.717, 1.165) is 57.7 Å². The predicted molar refractivity (Wildman–Crippen MR) is 121 cm³/mol. The average molecular weight is 450 g/mol. The predicted octanol–water partition coefficient (Wildman–Crippen LogP) is 3.12. The highest BCUT2D eigenvalue weighted by molar-refractivity contribution is 7.91. The Kier molecular flexibility index (Phi) is 7.10. The second-order valence-corrected chi connectivity index (χ2v) is 11.2. The van der Waals surface area contributed by atoms with Gasteiger partial charge in [-0.25, -0.2) is 8.42 Å². The molecule has 0 spiro atoms. The van der Waals surface area contributed by atoms with E-state index in [-0.39, 0.29) is 0 Å². The lowest BCUT2D eigenvalue weighted by Gasteiger charge is -2.38. The Morgan fingerprint density at radius 1 is 1.00 bits per heavy atom. The van der Waals surface area contributed by atoms with Gasteiger partial charge in [0.2, 0.25) is 0 Å². The molecule has 0 N–H and O–H groups in total. The molecule has 0 radical (unpaired) electrons. The van der Waals surface area contributed by atoms with Crippen LogP contribution in [0.15, 0.2) is 46.0 Å². The molecule has 0 saturated carbocycles. The molecule has 2 aliphatic rings. The summed E-state index contributed by atoms with van der Waals surface area (Å²) >= 11 is 1.31. The fourth-order valence-corrected chi connectivity index (χ4v) is 7.10. The molecule has 30 heavy (non-hydrogen) atoms. The summed E-state index contributed by atoms with van der Waals surface area (Å²) in [6, 6.07) is 12.4. The van der Waals surface area contributed by atoms with Crippen LogP contribution in [-0.4, -0.2) is 74.9 Å². The lowest BCUT2D eigenvalue weighted by Crippen LogP contribution is -2.46. The molecule has 2 aromatic rings. The van der Waals surface area contributed by atoms with Crippen LogP contribution in [0.25, 0.3) is 0 Å². The first-order valence-corrected chi connectivity index (χ1v) is 13.0. The van der Waals surface area contributed by atoms with Crippen LogP contribution in [0, 0.1) is 0 Å². The number of hydrogen-bond acceptors (Lipinski definition) is 6. The number of nitrogens with zero attached hydrogens (tertiary/aromatic N) is 3. The van der Waals surface area contributed by atoms with Crippen molar-refractivity contribution in [2.75, 3.05) is 46.4 Å². The zero-order valence-electron chi connectivity index (χ0n) is 17.6. The van der Waals surface area contributed by atoms with Crippen LogP contribution in [0.3, 0.4) is 0 Å². The third-order valence-corrected chi connectivity index (χ3v) is 9.49. The van der Waals surface area contributed by atoms with Crippen molar-refractivity contribution < 1.29 is 13.2 Å². The number of methoxy groups -OCH3 is 1. The van der Waals surface area contributed by atoms with Gasteiger partial charge in [0.1, 0.15) is 9.96 Å². The Balaban J connectivity index is 1.28. The van der Waals surface area contributed by atoms with Gasteiger partial charge in [-0.15, -0.1) is 11.3 Å². The molecule has 2 saturated heterocycles. The second-order valence-electron chi connectivity index (χ2n) is 8.08. The molecule has 1 aromatic carbocycles. The summed E-state index contributed by atoms with van der Waals surface area (Å²) in [6.45, 7) is 6.17. The minimum absolute atomic E-state index is 0.461. The number of hydrogen-bond donors (Lipinski definition) is 0. The van der Waals surface area contributed by atoms with Crippen LogP contribution < -0.4 is 4.74 Å². The molecule has 4 rings (SSSR count). The SMILES string of the molecule is COc1ccc(CN2CCC(N3CCCN(S(=O)(=O)c4cccs4)CC3)CC2)cc1. The Morgan fingerprint density at radius 3 is 2.43 bits per heavy atom. The normalized spacial score (nSPS) is 20.8. The molecule has 0 aliphatic carbocycles. The van der Waals surface area contributed by atoms with Crippen LogP contribution in [-0.2, 0) is 16.6 Å². The van der Waals surface area contributed by atoms with Crippen LogP contribution in [0.5, 0.6) is 5.75 Å². The number of benzene rings is 1. The third-order valence-electron chi connectivity index (χ3n) is 6.22. The third kappa shape index (κ3) is 5.06. The topological polar surface area (TPSA) is 53.1 Å². The van der Waals surface area contributed by atoms with E-state index in [9.17, 15) is 8.42 Å². The number of rotatable bonds is 6. The molecule has 0 bridgehead atoms. The van der Waals surface area contributed by atoms with Crippen LogP contribution in [0.4, 0.5) is 0 Å². The van der Waals surface area contributed by atoms with E-state index in [1.54, 1.807) is 23.5 Å². The molecule has 6 nitrogen and oxygen atoms in total. The molecule has 0 amide bonds. The van der Waals surface area contributed by atoms with Crippen LogP contribution in [0.1, 0.15) is 24.8 Å². The summed E-state index contributed by atoms with van der Waals surface area (Å²) in [7, 11) is -1.64. The molecule has 3 heterocycles. The summed E-state index contributed by atoms with van der Waals surface area (Å²) < 4.78 is 33.1. The highest BCUT2D eigenvalue weighted by Crippen LogP contribution is 2.24. The number of ether oxygens (including phenoxy) is 1. The van der Waals surface area contributed by atoms with E-state index in [4.69, 9.17) is 4.74 Å².